The largest absolute Gasteiger partial charge is 0.507 e. The van der Waals surface area contributed by atoms with Gasteiger partial charge in [-0.1, -0.05) is 0 Å². The number of aromatic amines is 1. The predicted octanol–water partition coefficient (Wildman–Crippen LogP) is 2.12. The Bertz CT molecular complexity index is 742. The highest BCUT2D eigenvalue weighted by Crippen LogP contribution is 2.38. The highest BCUT2D eigenvalue weighted by molar-refractivity contribution is 5.96. The Balaban J connectivity index is 2.36. The molecule has 2 heterocycles. The summed E-state index contributed by atoms with van der Waals surface area (Å²) in [6.07, 6.45) is 0. The van der Waals surface area contributed by atoms with Crippen molar-refractivity contribution in [2.45, 2.75) is 13.8 Å². The molecule has 0 aliphatic carbocycles. The van der Waals surface area contributed by atoms with Crippen molar-refractivity contribution >= 4 is 16.7 Å². The van der Waals surface area contributed by atoms with Crippen LogP contribution in [-0.2, 0) is 0 Å². The molecule has 4 N–H and O–H groups in total. The molecule has 0 amide bonds. The van der Waals surface area contributed by atoms with Crippen molar-refractivity contribution in [3.8, 4) is 17.0 Å². The first-order chi connectivity index (χ1) is 8.59. The number of phenolic OH excluding ortho intramolecular Hbond substituents is 1. The molecule has 1 aromatic carbocycles. The van der Waals surface area contributed by atoms with E-state index in [0.717, 1.165) is 22.2 Å². The SMILES string of the molecule is Cc1[nH]c2ccc(-c3nonc3N)c(O)c2c1C. The molecule has 0 aliphatic rings. The Hall–Kier alpha value is -2.50. The number of anilines is 1. The van der Waals surface area contributed by atoms with Gasteiger partial charge in [0.2, 0.25) is 0 Å². The van der Waals surface area contributed by atoms with Crippen LogP contribution in [0.2, 0.25) is 0 Å². The lowest BCUT2D eigenvalue weighted by Crippen LogP contribution is -1.89. The fourth-order valence-corrected chi connectivity index (χ4v) is 2.13. The molecule has 3 aromatic rings. The molecule has 0 bridgehead atoms. The van der Waals surface area contributed by atoms with E-state index in [9.17, 15) is 5.11 Å². The monoisotopic (exact) mass is 244 g/mol. The summed E-state index contributed by atoms with van der Waals surface area (Å²) in [6, 6.07) is 3.61. The molecular formula is C12H12N4O2. The lowest BCUT2D eigenvalue weighted by molar-refractivity contribution is 0.310. The summed E-state index contributed by atoms with van der Waals surface area (Å²) in [5.41, 5.74) is 9.41. The van der Waals surface area contributed by atoms with Gasteiger partial charge in [0.1, 0.15) is 5.75 Å². The molecule has 6 nitrogen and oxygen atoms in total. The first-order valence-corrected chi connectivity index (χ1v) is 5.49. The average molecular weight is 244 g/mol. The van der Waals surface area contributed by atoms with Crippen LogP contribution in [0.5, 0.6) is 5.75 Å². The number of rotatable bonds is 1. The number of nitrogens with zero attached hydrogens (tertiary/aromatic N) is 2. The maximum Gasteiger partial charge on any atom is 0.196 e. The van der Waals surface area contributed by atoms with E-state index in [2.05, 4.69) is 19.9 Å². The third-order valence-electron chi connectivity index (χ3n) is 3.21. The molecule has 0 fully saturated rings. The second-order valence-electron chi connectivity index (χ2n) is 4.26. The number of fused-ring (bicyclic) bond motifs is 1. The standard InChI is InChI=1S/C12H12N4O2/c1-5-6(2)14-8-4-3-7(11(17)9(5)8)10-12(13)16-18-15-10/h3-4,14,17H,1-2H3,(H2,13,16). The second kappa shape index (κ2) is 3.49. The molecule has 0 radical (unpaired) electrons. The van der Waals surface area contributed by atoms with Gasteiger partial charge in [-0.25, -0.2) is 4.63 Å². The fourth-order valence-electron chi connectivity index (χ4n) is 2.13. The lowest BCUT2D eigenvalue weighted by atomic mass is 10.0. The fraction of sp³-hybridized carbons (Fsp3) is 0.167. The summed E-state index contributed by atoms with van der Waals surface area (Å²) in [5.74, 6) is 0.298. The van der Waals surface area contributed by atoms with Crippen LogP contribution in [0, 0.1) is 13.8 Å². The Morgan fingerprint density at radius 1 is 1.28 bits per heavy atom. The number of aromatic hydroxyl groups is 1. The maximum atomic E-state index is 10.4. The lowest BCUT2D eigenvalue weighted by Gasteiger charge is -2.03. The van der Waals surface area contributed by atoms with E-state index in [1.165, 1.54) is 0 Å². The van der Waals surface area contributed by atoms with E-state index in [1.807, 2.05) is 19.9 Å². The van der Waals surface area contributed by atoms with Crippen molar-refractivity contribution in [2.75, 3.05) is 5.73 Å². The van der Waals surface area contributed by atoms with Crippen LogP contribution in [0.25, 0.3) is 22.2 Å². The molecule has 0 spiro atoms. The molecule has 0 saturated carbocycles. The number of benzene rings is 1. The molecule has 0 aliphatic heterocycles. The number of aryl methyl sites for hydroxylation is 2. The van der Waals surface area contributed by atoms with E-state index >= 15 is 0 Å². The molecule has 2 aromatic heterocycles. The summed E-state index contributed by atoms with van der Waals surface area (Å²) < 4.78 is 4.56. The van der Waals surface area contributed by atoms with Crippen LogP contribution in [0.3, 0.4) is 0 Å². The summed E-state index contributed by atoms with van der Waals surface area (Å²) in [5, 5.41) is 18.3. The van der Waals surface area contributed by atoms with Crippen molar-refractivity contribution in [3.05, 3.63) is 23.4 Å². The molecule has 6 heteroatoms. The number of nitrogens with two attached hydrogens (primary N) is 1. The number of hydrogen-bond acceptors (Lipinski definition) is 5. The molecule has 3 rings (SSSR count). The van der Waals surface area contributed by atoms with E-state index in [1.54, 1.807) is 6.07 Å². The first kappa shape index (κ1) is 10.6. The molecular weight excluding hydrogens is 232 g/mol. The van der Waals surface area contributed by atoms with Gasteiger partial charge < -0.3 is 15.8 Å². The van der Waals surface area contributed by atoms with Crippen molar-refractivity contribution < 1.29 is 9.74 Å². The molecule has 0 atom stereocenters. The number of aromatic nitrogens is 3. The zero-order chi connectivity index (χ0) is 12.9. The third-order valence-corrected chi connectivity index (χ3v) is 3.21. The van der Waals surface area contributed by atoms with E-state index < -0.39 is 0 Å². The number of H-pyrrole nitrogens is 1. The van der Waals surface area contributed by atoms with E-state index in [0.29, 0.717) is 11.3 Å². The van der Waals surface area contributed by atoms with Crippen LogP contribution in [-0.4, -0.2) is 20.4 Å². The quantitative estimate of drug-likeness (QED) is 0.608. The summed E-state index contributed by atoms with van der Waals surface area (Å²) in [7, 11) is 0. The van der Waals surface area contributed by atoms with Crippen LogP contribution in [0.15, 0.2) is 16.8 Å². The summed E-state index contributed by atoms with van der Waals surface area (Å²) in [4.78, 5) is 3.20. The van der Waals surface area contributed by atoms with Crippen LogP contribution in [0.1, 0.15) is 11.3 Å². The van der Waals surface area contributed by atoms with Gasteiger partial charge in [0.25, 0.3) is 0 Å². The molecule has 0 unspecified atom stereocenters. The number of nitrogens with one attached hydrogen (secondary N) is 1. The Morgan fingerprint density at radius 2 is 2.06 bits per heavy atom. The highest BCUT2D eigenvalue weighted by Gasteiger charge is 2.18. The minimum atomic E-state index is 0.136. The van der Waals surface area contributed by atoms with Crippen molar-refractivity contribution in [2.24, 2.45) is 0 Å². The number of hydrogen-bond donors (Lipinski definition) is 3. The van der Waals surface area contributed by atoms with Crippen LogP contribution >= 0.6 is 0 Å². The summed E-state index contributed by atoms with van der Waals surface area (Å²) >= 11 is 0. The van der Waals surface area contributed by atoms with Gasteiger partial charge in [0.15, 0.2) is 11.5 Å². The third kappa shape index (κ3) is 1.29. The highest BCUT2D eigenvalue weighted by atomic mass is 16.6. The minimum absolute atomic E-state index is 0.136. The predicted molar refractivity (Wildman–Crippen MR) is 67.1 cm³/mol. The second-order valence-corrected chi connectivity index (χ2v) is 4.26. The van der Waals surface area contributed by atoms with Gasteiger partial charge in [-0.2, -0.15) is 0 Å². The van der Waals surface area contributed by atoms with Crippen LogP contribution < -0.4 is 5.73 Å². The zero-order valence-electron chi connectivity index (χ0n) is 9.98. The van der Waals surface area contributed by atoms with Gasteiger partial charge in [-0.15, -0.1) is 0 Å². The van der Waals surface area contributed by atoms with Crippen molar-refractivity contribution in [1.82, 2.24) is 15.3 Å². The number of nitrogen functional groups attached to an aromatic ring is 1. The van der Waals surface area contributed by atoms with Gasteiger partial charge in [0.05, 0.1) is 5.56 Å². The smallest absolute Gasteiger partial charge is 0.196 e. The Morgan fingerprint density at radius 3 is 2.72 bits per heavy atom. The van der Waals surface area contributed by atoms with Crippen LogP contribution in [0.4, 0.5) is 5.82 Å². The average Bonchev–Trinajstić information content (AvgIpc) is 2.86. The van der Waals surface area contributed by atoms with Crippen molar-refractivity contribution in [1.29, 1.82) is 0 Å². The molecule has 92 valence electrons. The summed E-state index contributed by atoms with van der Waals surface area (Å²) in [6.45, 7) is 3.91. The Kier molecular flexibility index (Phi) is 2.07. The normalized spacial score (nSPS) is 11.2. The molecule has 18 heavy (non-hydrogen) atoms. The topological polar surface area (TPSA) is 101 Å². The first-order valence-electron chi connectivity index (χ1n) is 5.49. The van der Waals surface area contributed by atoms with Gasteiger partial charge in [0, 0.05) is 16.6 Å². The van der Waals surface area contributed by atoms with Gasteiger partial charge in [-0.3, -0.25) is 0 Å². The zero-order valence-corrected chi connectivity index (χ0v) is 9.98. The maximum absolute atomic E-state index is 10.4. The minimum Gasteiger partial charge on any atom is -0.507 e. The van der Waals surface area contributed by atoms with Crippen molar-refractivity contribution in [3.63, 3.8) is 0 Å². The number of phenols is 1. The van der Waals surface area contributed by atoms with Gasteiger partial charge in [-0.05, 0) is 41.9 Å². The Labute approximate surface area is 102 Å². The molecule has 0 saturated heterocycles. The van der Waals surface area contributed by atoms with Gasteiger partial charge >= 0.3 is 0 Å². The van der Waals surface area contributed by atoms with E-state index in [-0.39, 0.29) is 11.6 Å². The van der Waals surface area contributed by atoms with E-state index in [4.69, 9.17) is 5.73 Å².